The summed E-state index contributed by atoms with van der Waals surface area (Å²) in [6.45, 7) is 2.86. The minimum absolute atomic E-state index is 0.691. The number of rotatable bonds is 3. The fourth-order valence-corrected chi connectivity index (χ4v) is 1.64. The van der Waals surface area contributed by atoms with Gasteiger partial charge in [-0.3, -0.25) is 0 Å². The summed E-state index contributed by atoms with van der Waals surface area (Å²) < 4.78 is 7.09. The number of nitrogens with two attached hydrogens (primary N) is 1. The molecule has 4 nitrogen and oxygen atoms in total. The molecule has 0 aliphatic heterocycles. The number of imidazole rings is 1. The van der Waals surface area contributed by atoms with Crippen LogP contribution in [-0.2, 0) is 6.54 Å². The van der Waals surface area contributed by atoms with Crippen LogP contribution in [0.15, 0.2) is 30.6 Å². The third kappa shape index (κ3) is 1.74. The number of benzene rings is 1. The lowest BCUT2D eigenvalue weighted by atomic mass is 10.1. The van der Waals surface area contributed by atoms with Gasteiger partial charge in [-0.15, -0.1) is 0 Å². The van der Waals surface area contributed by atoms with Crippen LogP contribution in [0.25, 0.3) is 11.3 Å². The fraction of sp³-hybridized carbons (Fsp3) is 0.250. The third-order valence-corrected chi connectivity index (χ3v) is 2.56. The Hall–Kier alpha value is -1.97. The number of hydrogen-bond donors (Lipinski definition) is 1. The first-order valence-electron chi connectivity index (χ1n) is 5.21. The molecule has 0 amide bonds. The summed E-state index contributed by atoms with van der Waals surface area (Å²) in [5, 5.41) is 0. The lowest BCUT2D eigenvalue weighted by Gasteiger charge is -2.04. The second-order valence-electron chi connectivity index (χ2n) is 3.50. The Labute approximate surface area is 94.7 Å². The van der Waals surface area contributed by atoms with E-state index in [0.29, 0.717) is 5.82 Å². The van der Waals surface area contributed by atoms with E-state index in [-0.39, 0.29) is 0 Å². The largest absolute Gasteiger partial charge is 0.497 e. The molecule has 0 bridgehead atoms. The van der Waals surface area contributed by atoms with E-state index in [1.165, 1.54) is 0 Å². The first kappa shape index (κ1) is 10.5. The van der Waals surface area contributed by atoms with Crippen molar-refractivity contribution < 1.29 is 4.74 Å². The molecule has 0 radical (unpaired) electrons. The van der Waals surface area contributed by atoms with Crippen molar-refractivity contribution in [2.24, 2.45) is 0 Å². The van der Waals surface area contributed by atoms with E-state index in [4.69, 9.17) is 10.5 Å². The summed E-state index contributed by atoms with van der Waals surface area (Å²) >= 11 is 0. The zero-order chi connectivity index (χ0) is 11.5. The van der Waals surface area contributed by atoms with E-state index in [1.807, 2.05) is 35.8 Å². The van der Waals surface area contributed by atoms with Gasteiger partial charge < -0.3 is 15.0 Å². The smallest absolute Gasteiger partial charge is 0.131 e. The highest BCUT2D eigenvalue weighted by Crippen LogP contribution is 2.26. The average molecular weight is 217 g/mol. The maximum absolute atomic E-state index is 6.00. The average Bonchev–Trinajstić information content (AvgIpc) is 2.70. The predicted octanol–water partition coefficient (Wildman–Crippen LogP) is 2.16. The van der Waals surface area contributed by atoms with Crippen LogP contribution in [0, 0.1) is 0 Å². The number of hydrogen-bond acceptors (Lipinski definition) is 3. The first-order valence-corrected chi connectivity index (χ1v) is 5.21. The summed E-state index contributed by atoms with van der Waals surface area (Å²) in [4.78, 5) is 4.31. The van der Waals surface area contributed by atoms with Gasteiger partial charge in [-0.05, 0) is 19.1 Å². The van der Waals surface area contributed by atoms with Crippen LogP contribution in [-0.4, -0.2) is 16.7 Å². The van der Waals surface area contributed by atoms with Crippen molar-refractivity contribution in [3.05, 3.63) is 30.6 Å². The Morgan fingerprint density at radius 3 is 2.88 bits per heavy atom. The van der Waals surface area contributed by atoms with E-state index in [0.717, 1.165) is 23.6 Å². The van der Waals surface area contributed by atoms with Crippen molar-refractivity contribution in [2.75, 3.05) is 12.8 Å². The number of aromatic nitrogens is 2. The summed E-state index contributed by atoms with van der Waals surface area (Å²) in [6.07, 6.45) is 1.75. The number of anilines is 1. The molecule has 2 N–H and O–H groups in total. The van der Waals surface area contributed by atoms with Crippen LogP contribution in [0.1, 0.15) is 6.92 Å². The molecule has 0 fully saturated rings. The lowest BCUT2D eigenvalue weighted by molar-refractivity contribution is 0.415. The molecule has 4 heteroatoms. The molecule has 0 atom stereocenters. The van der Waals surface area contributed by atoms with Gasteiger partial charge in [0.1, 0.15) is 17.3 Å². The van der Waals surface area contributed by atoms with Crippen molar-refractivity contribution >= 4 is 5.82 Å². The summed E-state index contributed by atoms with van der Waals surface area (Å²) in [5.41, 5.74) is 7.78. The van der Waals surface area contributed by atoms with Gasteiger partial charge in [0.25, 0.3) is 0 Å². The van der Waals surface area contributed by atoms with Crippen molar-refractivity contribution in [1.82, 2.24) is 9.55 Å². The minimum Gasteiger partial charge on any atom is -0.497 e. The fourth-order valence-electron chi connectivity index (χ4n) is 1.64. The minimum atomic E-state index is 0.691. The van der Waals surface area contributed by atoms with Crippen molar-refractivity contribution in [3.63, 3.8) is 0 Å². The van der Waals surface area contributed by atoms with Gasteiger partial charge in [-0.2, -0.15) is 0 Å². The number of nitrogen functional groups attached to an aromatic ring is 1. The summed E-state index contributed by atoms with van der Waals surface area (Å²) in [7, 11) is 1.65. The van der Waals surface area contributed by atoms with Crippen molar-refractivity contribution in [2.45, 2.75) is 13.5 Å². The summed E-state index contributed by atoms with van der Waals surface area (Å²) in [6, 6.07) is 7.73. The normalized spacial score (nSPS) is 10.4. The van der Waals surface area contributed by atoms with Gasteiger partial charge in [0.2, 0.25) is 0 Å². The zero-order valence-corrected chi connectivity index (χ0v) is 9.47. The standard InChI is InChI=1S/C12H15N3O/c1-3-15-8-14-11(12(15)13)9-5-4-6-10(7-9)16-2/h4-8H,3,13H2,1-2H3. The Morgan fingerprint density at radius 1 is 1.44 bits per heavy atom. The van der Waals surface area contributed by atoms with Crippen LogP contribution in [0.5, 0.6) is 5.75 Å². The number of nitrogens with zero attached hydrogens (tertiary/aromatic N) is 2. The Kier molecular flexibility index (Phi) is 2.81. The maximum Gasteiger partial charge on any atom is 0.131 e. The molecule has 2 aromatic rings. The monoisotopic (exact) mass is 217 g/mol. The van der Waals surface area contributed by atoms with Gasteiger partial charge in [0.15, 0.2) is 0 Å². The second-order valence-corrected chi connectivity index (χ2v) is 3.50. The Bertz CT molecular complexity index is 491. The molecule has 0 saturated heterocycles. The van der Waals surface area contributed by atoms with E-state index >= 15 is 0 Å². The van der Waals surface area contributed by atoms with Gasteiger partial charge in [0.05, 0.1) is 13.4 Å². The molecule has 1 aromatic heterocycles. The highest BCUT2D eigenvalue weighted by molar-refractivity contribution is 5.71. The van der Waals surface area contributed by atoms with Crippen LogP contribution in [0.2, 0.25) is 0 Å². The predicted molar refractivity (Wildman–Crippen MR) is 64.3 cm³/mol. The Balaban J connectivity index is 2.45. The molecule has 16 heavy (non-hydrogen) atoms. The van der Waals surface area contributed by atoms with Crippen LogP contribution in [0.3, 0.4) is 0 Å². The molecule has 0 unspecified atom stereocenters. The first-order chi connectivity index (χ1) is 7.76. The van der Waals surface area contributed by atoms with E-state index in [1.54, 1.807) is 13.4 Å². The maximum atomic E-state index is 6.00. The van der Waals surface area contributed by atoms with E-state index < -0.39 is 0 Å². The topological polar surface area (TPSA) is 53.1 Å². The van der Waals surface area contributed by atoms with Gasteiger partial charge in [-0.1, -0.05) is 12.1 Å². The highest BCUT2D eigenvalue weighted by atomic mass is 16.5. The summed E-state index contributed by atoms with van der Waals surface area (Å²) in [5.74, 6) is 1.50. The Morgan fingerprint density at radius 2 is 2.25 bits per heavy atom. The molecule has 1 heterocycles. The molecule has 0 saturated carbocycles. The lowest BCUT2D eigenvalue weighted by Crippen LogP contribution is -1.99. The number of aryl methyl sites for hydroxylation is 1. The van der Waals surface area contributed by atoms with Crippen molar-refractivity contribution in [1.29, 1.82) is 0 Å². The molecule has 1 aromatic carbocycles. The van der Waals surface area contributed by atoms with E-state index in [2.05, 4.69) is 4.98 Å². The molecular weight excluding hydrogens is 202 g/mol. The molecule has 84 valence electrons. The van der Waals surface area contributed by atoms with Gasteiger partial charge >= 0.3 is 0 Å². The number of ether oxygens (including phenoxy) is 1. The SMILES string of the molecule is CCn1cnc(-c2cccc(OC)c2)c1N. The number of methoxy groups -OCH3 is 1. The van der Waals surface area contributed by atoms with Gasteiger partial charge in [0, 0.05) is 12.1 Å². The third-order valence-electron chi connectivity index (χ3n) is 2.56. The van der Waals surface area contributed by atoms with Crippen LogP contribution in [0.4, 0.5) is 5.82 Å². The molecular formula is C12H15N3O. The van der Waals surface area contributed by atoms with Gasteiger partial charge in [-0.25, -0.2) is 4.98 Å². The van der Waals surface area contributed by atoms with E-state index in [9.17, 15) is 0 Å². The molecule has 0 aliphatic carbocycles. The highest BCUT2D eigenvalue weighted by Gasteiger charge is 2.09. The van der Waals surface area contributed by atoms with Crippen LogP contribution < -0.4 is 10.5 Å². The molecule has 0 aliphatic rings. The second kappa shape index (κ2) is 4.26. The molecule has 0 spiro atoms. The zero-order valence-electron chi connectivity index (χ0n) is 9.47. The van der Waals surface area contributed by atoms with Crippen LogP contribution >= 0.6 is 0 Å². The molecule has 2 rings (SSSR count). The van der Waals surface area contributed by atoms with Crippen molar-refractivity contribution in [3.8, 4) is 17.0 Å². The quantitative estimate of drug-likeness (QED) is 0.857.